The smallest absolute Gasteiger partial charge is 0.313 e. The Bertz CT molecular complexity index is 253. The Morgan fingerprint density at radius 2 is 1.76 bits per heavy atom. The van der Waals surface area contributed by atoms with E-state index in [4.69, 9.17) is 10.5 Å². The molecule has 2 fully saturated rings. The molecule has 3 heteroatoms. The number of rotatable bonds is 4. The molecule has 2 N–H and O–H groups in total. The summed E-state index contributed by atoms with van der Waals surface area (Å²) in [6.07, 6.45) is 10.4. The Morgan fingerprint density at radius 3 is 2.35 bits per heavy atom. The van der Waals surface area contributed by atoms with E-state index in [0.717, 1.165) is 25.7 Å². The highest BCUT2D eigenvalue weighted by molar-refractivity contribution is 5.77. The minimum absolute atomic E-state index is 0.0217. The largest absolute Gasteiger partial charge is 0.465 e. The molecule has 2 saturated carbocycles. The van der Waals surface area contributed by atoms with E-state index >= 15 is 0 Å². The van der Waals surface area contributed by atoms with Crippen molar-refractivity contribution in [1.82, 2.24) is 0 Å². The van der Waals surface area contributed by atoms with Crippen LogP contribution in [0.2, 0.25) is 0 Å². The molecule has 3 nitrogen and oxygen atoms in total. The van der Waals surface area contributed by atoms with Crippen LogP contribution in [-0.4, -0.2) is 19.1 Å². The van der Waals surface area contributed by atoms with Gasteiger partial charge in [0.1, 0.15) is 0 Å². The van der Waals surface area contributed by atoms with E-state index in [0.29, 0.717) is 19.1 Å². The van der Waals surface area contributed by atoms with Gasteiger partial charge >= 0.3 is 5.97 Å². The molecule has 0 aromatic heterocycles. The first-order chi connectivity index (χ1) is 8.27. The molecule has 0 unspecified atom stereocenters. The van der Waals surface area contributed by atoms with Gasteiger partial charge in [-0.05, 0) is 31.6 Å². The fourth-order valence-electron chi connectivity index (χ4n) is 3.24. The molecule has 0 aromatic rings. The maximum absolute atomic E-state index is 12.2. The number of hydrogen-bond donors (Lipinski definition) is 1. The predicted molar refractivity (Wildman–Crippen MR) is 67.5 cm³/mol. The summed E-state index contributed by atoms with van der Waals surface area (Å²) >= 11 is 0. The summed E-state index contributed by atoms with van der Waals surface area (Å²) < 4.78 is 5.54. The zero-order valence-electron chi connectivity index (χ0n) is 10.7. The zero-order valence-corrected chi connectivity index (χ0v) is 10.7. The lowest BCUT2D eigenvalue weighted by atomic mass is 9.74. The molecule has 0 aliphatic heterocycles. The second-order valence-electron chi connectivity index (χ2n) is 5.79. The summed E-state index contributed by atoms with van der Waals surface area (Å²) in [6.45, 7) is 1.08. The fraction of sp³-hybridized carbons (Fsp3) is 0.929. The van der Waals surface area contributed by atoms with Gasteiger partial charge in [0.2, 0.25) is 0 Å². The van der Waals surface area contributed by atoms with Gasteiger partial charge in [-0.1, -0.05) is 32.1 Å². The van der Waals surface area contributed by atoms with Gasteiger partial charge in [-0.2, -0.15) is 0 Å². The molecule has 98 valence electrons. The van der Waals surface area contributed by atoms with Crippen LogP contribution in [0.4, 0.5) is 0 Å². The first-order valence-electron chi connectivity index (χ1n) is 7.14. The second kappa shape index (κ2) is 5.85. The minimum Gasteiger partial charge on any atom is -0.465 e. The fourth-order valence-corrected chi connectivity index (χ4v) is 3.24. The summed E-state index contributed by atoms with van der Waals surface area (Å²) in [7, 11) is 0. The number of hydrogen-bond acceptors (Lipinski definition) is 3. The van der Waals surface area contributed by atoms with Gasteiger partial charge in [0.05, 0.1) is 12.0 Å². The van der Waals surface area contributed by atoms with Crippen molar-refractivity contribution in [2.45, 2.75) is 57.8 Å². The lowest BCUT2D eigenvalue weighted by Gasteiger charge is -2.33. The molecule has 2 aliphatic carbocycles. The molecular formula is C14H25NO2. The number of nitrogens with two attached hydrogens (primary N) is 1. The van der Waals surface area contributed by atoms with Gasteiger partial charge in [-0.25, -0.2) is 0 Å². The van der Waals surface area contributed by atoms with Crippen molar-refractivity contribution in [2.75, 3.05) is 13.2 Å². The zero-order chi connectivity index (χ0) is 12.1. The van der Waals surface area contributed by atoms with Crippen LogP contribution in [0.1, 0.15) is 57.8 Å². The lowest BCUT2D eigenvalue weighted by molar-refractivity contribution is -0.158. The van der Waals surface area contributed by atoms with E-state index in [2.05, 4.69) is 0 Å². The molecule has 0 atom stereocenters. The van der Waals surface area contributed by atoms with Crippen molar-refractivity contribution in [1.29, 1.82) is 0 Å². The van der Waals surface area contributed by atoms with E-state index < -0.39 is 0 Å². The third kappa shape index (κ3) is 3.01. The second-order valence-corrected chi connectivity index (χ2v) is 5.79. The first-order valence-corrected chi connectivity index (χ1v) is 7.14. The number of esters is 1. The summed E-state index contributed by atoms with van der Waals surface area (Å²) in [5.74, 6) is 0.587. The SMILES string of the molecule is NCC1(C(=O)OCC2CCCC2)CCCCC1. The Kier molecular flexibility index (Phi) is 4.43. The maximum Gasteiger partial charge on any atom is 0.313 e. The Balaban J connectivity index is 1.83. The van der Waals surface area contributed by atoms with Crippen LogP contribution < -0.4 is 5.73 Å². The van der Waals surface area contributed by atoms with Crippen molar-refractivity contribution in [2.24, 2.45) is 17.1 Å². The highest BCUT2D eigenvalue weighted by atomic mass is 16.5. The van der Waals surface area contributed by atoms with Crippen LogP contribution in [0.15, 0.2) is 0 Å². The van der Waals surface area contributed by atoms with Gasteiger partial charge in [-0.3, -0.25) is 4.79 Å². The van der Waals surface area contributed by atoms with Gasteiger partial charge in [0, 0.05) is 6.54 Å². The van der Waals surface area contributed by atoms with Crippen molar-refractivity contribution in [3.63, 3.8) is 0 Å². The molecule has 0 radical (unpaired) electrons. The lowest BCUT2D eigenvalue weighted by Crippen LogP contribution is -2.42. The van der Waals surface area contributed by atoms with Crippen LogP contribution in [0, 0.1) is 11.3 Å². The number of carbonyl (C=O) groups excluding carboxylic acids is 1. The summed E-state index contributed by atoms with van der Waals surface area (Å²) in [5, 5.41) is 0. The molecule has 2 aliphatic rings. The average molecular weight is 239 g/mol. The van der Waals surface area contributed by atoms with E-state index in [1.807, 2.05) is 0 Å². The van der Waals surface area contributed by atoms with Gasteiger partial charge in [0.25, 0.3) is 0 Å². The molecule has 0 spiro atoms. The van der Waals surface area contributed by atoms with Crippen LogP contribution in [0.5, 0.6) is 0 Å². The Morgan fingerprint density at radius 1 is 1.12 bits per heavy atom. The minimum atomic E-state index is -0.350. The quantitative estimate of drug-likeness (QED) is 0.767. The van der Waals surface area contributed by atoms with Crippen molar-refractivity contribution < 1.29 is 9.53 Å². The normalized spacial score (nSPS) is 24.8. The summed E-state index contributed by atoms with van der Waals surface area (Å²) in [6, 6.07) is 0. The molecule has 0 heterocycles. The predicted octanol–water partition coefficient (Wildman–Crippen LogP) is 2.63. The van der Waals surface area contributed by atoms with Crippen LogP contribution >= 0.6 is 0 Å². The highest BCUT2D eigenvalue weighted by Crippen LogP contribution is 2.37. The highest BCUT2D eigenvalue weighted by Gasteiger charge is 2.39. The molecular weight excluding hydrogens is 214 g/mol. The first kappa shape index (κ1) is 12.9. The van der Waals surface area contributed by atoms with Crippen LogP contribution in [-0.2, 0) is 9.53 Å². The molecule has 0 amide bonds. The van der Waals surface area contributed by atoms with Gasteiger partial charge < -0.3 is 10.5 Å². The molecule has 2 rings (SSSR count). The average Bonchev–Trinajstić information content (AvgIpc) is 2.90. The maximum atomic E-state index is 12.2. The standard InChI is InChI=1S/C14H25NO2/c15-11-14(8-4-1-5-9-14)13(16)17-10-12-6-2-3-7-12/h12H,1-11,15H2. The summed E-state index contributed by atoms with van der Waals surface area (Å²) in [4.78, 5) is 12.2. The number of ether oxygens (including phenoxy) is 1. The molecule has 0 aromatic carbocycles. The van der Waals surface area contributed by atoms with E-state index in [-0.39, 0.29) is 11.4 Å². The van der Waals surface area contributed by atoms with Gasteiger partial charge in [0.15, 0.2) is 0 Å². The van der Waals surface area contributed by atoms with Crippen molar-refractivity contribution in [3.05, 3.63) is 0 Å². The van der Waals surface area contributed by atoms with E-state index in [1.54, 1.807) is 0 Å². The molecule has 0 bridgehead atoms. The van der Waals surface area contributed by atoms with Crippen molar-refractivity contribution >= 4 is 5.97 Å². The Labute approximate surface area is 104 Å². The third-order valence-electron chi connectivity index (χ3n) is 4.56. The van der Waals surface area contributed by atoms with Crippen LogP contribution in [0.3, 0.4) is 0 Å². The molecule has 0 saturated heterocycles. The number of carbonyl (C=O) groups is 1. The van der Waals surface area contributed by atoms with Crippen LogP contribution in [0.25, 0.3) is 0 Å². The molecule has 17 heavy (non-hydrogen) atoms. The van der Waals surface area contributed by atoms with E-state index in [9.17, 15) is 4.79 Å². The summed E-state index contributed by atoms with van der Waals surface area (Å²) in [5.41, 5.74) is 5.47. The Hall–Kier alpha value is -0.570. The third-order valence-corrected chi connectivity index (χ3v) is 4.56. The topological polar surface area (TPSA) is 52.3 Å². The van der Waals surface area contributed by atoms with Crippen molar-refractivity contribution in [3.8, 4) is 0 Å². The monoisotopic (exact) mass is 239 g/mol. The van der Waals surface area contributed by atoms with Gasteiger partial charge in [-0.15, -0.1) is 0 Å². The van der Waals surface area contributed by atoms with E-state index in [1.165, 1.54) is 32.1 Å².